The first-order chi connectivity index (χ1) is 13.3. The first-order valence-electron chi connectivity index (χ1n) is 9.17. The third-order valence-electron chi connectivity index (χ3n) is 4.75. The molecular weight excluding hydrogens is 338 g/mol. The van der Waals surface area contributed by atoms with E-state index in [-0.39, 0.29) is 0 Å². The van der Waals surface area contributed by atoms with Crippen molar-refractivity contribution in [3.05, 3.63) is 66.5 Å². The van der Waals surface area contributed by atoms with E-state index in [9.17, 15) is 0 Å². The fraction of sp³-hybridized carbons (Fsp3) is 0.286. The van der Waals surface area contributed by atoms with Crippen LogP contribution in [-0.4, -0.2) is 47.7 Å². The van der Waals surface area contributed by atoms with Crippen molar-refractivity contribution in [3.63, 3.8) is 0 Å². The maximum atomic E-state index is 5.33. The zero-order valence-corrected chi connectivity index (χ0v) is 15.4. The third kappa shape index (κ3) is 4.23. The monoisotopic (exact) mass is 361 g/mol. The van der Waals surface area contributed by atoms with Crippen LogP contribution in [0.3, 0.4) is 0 Å². The summed E-state index contributed by atoms with van der Waals surface area (Å²) in [5.41, 5.74) is 2.26. The number of rotatable bonds is 5. The molecule has 6 heteroatoms. The summed E-state index contributed by atoms with van der Waals surface area (Å²) in [4.78, 5) is 15.7. The SMILES string of the molecule is COc1cccc(CC2CN(c3ncnc(-c4ccccc4)n3)CCN2)c1. The molecule has 4 rings (SSSR count). The third-order valence-corrected chi connectivity index (χ3v) is 4.75. The molecule has 1 atom stereocenters. The molecule has 1 saturated heterocycles. The van der Waals surface area contributed by atoms with Gasteiger partial charge in [-0.1, -0.05) is 42.5 Å². The highest BCUT2D eigenvalue weighted by atomic mass is 16.5. The van der Waals surface area contributed by atoms with E-state index in [0.717, 1.165) is 43.3 Å². The number of benzene rings is 2. The number of aromatic nitrogens is 3. The van der Waals surface area contributed by atoms with Gasteiger partial charge in [-0.15, -0.1) is 0 Å². The molecule has 2 aromatic carbocycles. The molecule has 6 nitrogen and oxygen atoms in total. The number of anilines is 1. The van der Waals surface area contributed by atoms with Crippen molar-refractivity contribution in [1.82, 2.24) is 20.3 Å². The Morgan fingerprint density at radius 3 is 2.85 bits per heavy atom. The summed E-state index contributed by atoms with van der Waals surface area (Å²) in [6, 6.07) is 18.6. The van der Waals surface area contributed by atoms with Crippen LogP contribution in [-0.2, 0) is 6.42 Å². The molecule has 2 heterocycles. The van der Waals surface area contributed by atoms with E-state index in [0.29, 0.717) is 11.9 Å². The number of piperazine rings is 1. The van der Waals surface area contributed by atoms with Gasteiger partial charge in [0.1, 0.15) is 12.1 Å². The van der Waals surface area contributed by atoms with Gasteiger partial charge in [0, 0.05) is 31.2 Å². The zero-order chi connectivity index (χ0) is 18.5. The lowest BCUT2D eigenvalue weighted by Gasteiger charge is -2.33. The van der Waals surface area contributed by atoms with Crippen molar-refractivity contribution in [2.75, 3.05) is 31.6 Å². The van der Waals surface area contributed by atoms with Gasteiger partial charge in [0.15, 0.2) is 5.82 Å². The highest BCUT2D eigenvalue weighted by Crippen LogP contribution is 2.19. The number of nitrogens with zero attached hydrogens (tertiary/aromatic N) is 4. The second-order valence-corrected chi connectivity index (χ2v) is 6.63. The van der Waals surface area contributed by atoms with Crippen LogP contribution in [0.4, 0.5) is 5.95 Å². The van der Waals surface area contributed by atoms with Crippen LogP contribution in [0.5, 0.6) is 5.75 Å². The molecule has 0 radical (unpaired) electrons. The number of ether oxygens (including phenoxy) is 1. The Hall–Kier alpha value is -2.99. The predicted molar refractivity (Wildman–Crippen MR) is 106 cm³/mol. The van der Waals surface area contributed by atoms with Crippen LogP contribution in [0.25, 0.3) is 11.4 Å². The van der Waals surface area contributed by atoms with Gasteiger partial charge < -0.3 is 15.0 Å². The van der Waals surface area contributed by atoms with Crippen LogP contribution in [0, 0.1) is 0 Å². The zero-order valence-electron chi connectivity index (χ0n) is 15.4. The summed E-state index contributed by atoms with van der Waals surface area (Å²) in [6.07, 6.45) is 2.54. The van der Waals surface area contributed by atoms with Gasteiger partial charge in [0.2, 0.25) is 5.95 Å². The summed E-state index contributed by atoms with van der Waals surface area (Å²) in [6.45, 7) is 2.64. The minimum absolute atomic E-state index is 0.336. The van der Waals surface area contributed by atoms with Crippen molar-refractivity contribution >= 4 is 5.95 Å². The molecule has 3 aromatic rings. The van der Waals surface area contributed by atoms with Crippen molar-refractivity contribution in [2.24, 2.45) is 0 Å². The fourth-order valence-corrected chi connectivity index (χ4v) is 3.39. The molecule has 0 saturated carbocycles. The lowest BCUT2D eigenvalue weighted by atomic mass is 10.0. The number of nitrogens with one attached hydrogen (secondary N) is 1. The fourth-order valence-electron chi connectivity index (χ4n) is 3.39. The van der Waals surface area contributed by atoms with Gasteiger partial charge in [-0.2, -0.15) is 4.98 Å². The molecule has 1 aliphatic rings. The Labute approximate surface area is 159 Å². The Morgan fingerprint density at radius 1 is 1.11 bits per heavy atom. The van der Waals surface area contributed by atoms with Gasteiger partial charge in [-0.05, 0) is 24.1 Å². The maximum Gasteiger partial charge on any atom is 0.228 e. The van der Waals surface area contributed by atoms with Crippen molar-refractivity contribution in [1.29, 1.82) is 0 Å². The van der Waals surface area contributed by atoms with E-state index < -0.39 is 0 Å². The van der Waals surface area contributed by atoms with Crippen LogP contribution in [0.2, 0.25) is 0 Å². The summed E-state index contributed by atoms with van der Waals surface area (Å²) in [5.74, 6) is 2.34. The molecule has 1 N–H and O–H groups in total. The largest absolute Gasteiger partial charge is 0.497 e. The van der Waals surface area contributed by atoms with Crippen molar-refractivity contribution in [3.8, 4) is 17.1 Å². The predicted octanol–water partition coefficient (Wildman–Crippen LogP) is 2.57. The Bertz CT molecular complexity index is 887. The highest BCUT2D eigenvalue weighted by Gasteiger charge is 2.22. The van der Waals surface area contributed by atoms with Crippen LogP contribution in [0.15, 0.2) is 60.9 Å². The van der Waals surface area contributed by atoms with Gasteiger partial charge in [0.05, 0.1) is 7.11 Å². The van der Waals surface area contributed by atoms with Gasteiger partial charge in [-0.25, -0.2) is 9.97 Å². The maximum absolute atomic E-state index is 5.33. The normalized spacial score (nSPS) is 16.9. The first kappa shape index (κ1) is 17.4. The summed E-state index contributed by atoms with van der Waals surface area (Å²) < 4.78 is 5.33. The topological polar surface area (TPSA) is 63.2 Å². The highest BCUT2D eigenvalue weighted by molar-refractivity contribution is 5.55. The Balaban J connectivity index is 1.48. The van der Waals surface area contributed by atoms with Crippen LogP contribution in [0.1, 0.15) is 5.56 Å². The van der Waals surface area contributed by atoms with E-state index in [2.05, 4.69) is 32.3 Å². The molecule has 0 amide bonds. The quantitative estimate of drug-likeness (QED) is 0.754. The van der Waals surface area contributed by atoms with Gasteiger partial charge in [-0.3, -0.25) is 0 Å². The van der Waals surface area contributed by atoms with E-state index >= 15 is 0 Å². The minimum Gasteiger partial charge on any atom is -0.497 e. The van der Waals surface area contributed by atoms with E-state index in [1.807, 2.05) is 42.5 Å². The Kier molecular flexibility index (Phi) is 5.25. The molecule has 27 heavy (non-hydrogen) atoms. The van der Waals surface area contributed by atoms with Crippen LogP contribution >= 0.6 is 0 Å². The molecule has 0 spiro atoms. The lowest BCUT2D eigenvalue weighted by molar-refractivity contribution is 0.412. The number of hydrogen-bond donors (Lipinski definition) is 1. The first-order valence-corrected chi connectivity index (χ1v) is 9.17. The Morgan fingerprint density at radius 2 is 2.00 bits per heavy atom. The van der Waals surface area contributed by atoms with Gasteiger partial charge >= 0.3 is 0 Å². The molecule has 1 aromatic heterocycles. The molecule has 0 aliphatic carbocycles. The summed E-state index contributed by atoms with van der Waals surface area (Å²) in [7, 11) is 1.70. The molecule has 138 valence electrons. The average Bonchev–Trinajstić information content (AvgIpc) is 2.75. The second kappa shape index (κ2) is 8.14. The van der Waals surface area contributed by atoms with Gasteiger partial charge in [0.25, 0.3) is 0 Å². The van der Waals surface area contributed by atoms with E-state index in [1.165, 1.54) is 5.56 Å². The minimum atomic E-state index is 0.336. The van der Waals surface area contributed by atoms with E-state index in [1.54, 1.807) is 13.4 Å². The van der Waals surface area contributed by atoms with E-state index in [4.69, 9.17) is 9.72 Å². The summed E-state index contributed by atoms with van der Waals surface area (Å²) >= 11 is 0. The molecule has 1 unspecified atom stereocenters. The standard InChI is InChI=1S/C21H23N5O/c1-27-19-9-5-6-16(13-19)12-18-14-26(11-10-22-18)21-24-15-23-20(25-21)17-7-3-2-4-8-17/h2-9,13,15,18,22H,10-12,14H2,1H3. The molecule has 1 fully saturated rings. The average molecular weight is 361 g/mol. The molecule has 1 aliphatic heterocycles. The lowest BCUT2D eigenvalue weighted by Crippen LogP contribution is -2.52. The smallest absolute Gasteiger partial charge is 0.228 e. The molecular formula is C21H23N5O. The summed E-state index contributed by atoms with van der Waals surface area (Å²) in [5, 5.41) is 3.60. The van der Waals surface area contributed by atoms with Crippen LogP contribution < -0.4 is 15.0 Å². The number of hydrogen-bond acceptors (Lipinski definition) is 6. The van der Waals surface area contributed by atoms with Crippen molar-refractivity contribution < 1.29 is 4.74 Å². The second-order valence-electron chi connectivity index (χ2n) is 6.63. The number of methoxy groups -OCH3 is 1. The molecule has 0 bridgehead atoms. The van der Waals surface area contributed by atoms with Crippen molar-refractivity contribution in [2.45, 2.75) is 12.5 Å².